The SMILES string of the molecule is CC1CC(=O)c2cc(Cl)c(Br)cc2O1. The fourth-order valence-electron chi connectivity index (χ4n) is 1.47. The summed E-state index contributed by atoms with van der Waals surface area (Å²) in [5, 5.41) is 0.537. The van der Waals surface area contributed by atoms with Gasteiger partial charge in [0.15, 0.2) is 5.78 Å². The van der Waals surface area contributed by atoms with Gasteiger partial charge in [-0.2, -0.15) is 0 Å². The third-order valence-electron chi connectivity index (χ3n) is 2.12. The van der Waals surface area contributed by atoms with Gasteiger partial charge in [0.1, 0.15) is 11.9 Å². The predicted octanol–water partition coefficient (Wildman–Crippen LogP) is 3.46. The normalized spacial score (nSPS) is 20.2. The van der Waals surface area contributed by atoms with Crippen molar-refractivity contribution in [2.45, 2.75) is 19.4 Å². The van der Waals surface area contributed by atoms with E-state index in [1.807, 2.05) is 6.92 Å². The molecule has 0 saturated heterocycles. The molecule has 2 nitrogen and oxygen atoms in total. The number of carbonyl (C=O) groups excluding carboxylic acids is 1. The van der Waals surface area contributed by atoms with Crippen molar-refractivity contribution >= 4 is 33.3 Å². The van der Waals surface area contributed by atoms with Crippen molar-refractivity contribution in [2.75, 3.05) is 0 Å². The van der Waals surface area contributed by atoms with Crippen LogP contribution in [-0.4, -0.2) is 11.9 Å². The number of benzene rings is 1. The summed E-state index contributed by atoms with van der Waals surface area (Å²) in [4.78, 5) is 11.6. The van der Waals surface area contributed by atoms with E-state index in [0.29, 0.717) is 22.8 Å². The van der Waals surface area contributed by atoms with Crippen LogP contribution >= 0.6 is 27.5 Å². The Balaban J connectivity index is 2.55. The van der Waals surface area contributed by atoms with E-state index in [9.17, 15) is 4.79 Å². The topological polar surface area (TPSA) is 26.3 Å². The van der Waals surface area contributed by atoms with Crippen LogP contribution in [0.1, 0.15) is 23.7 Å². The van der Waals surface area contributed by atoms with E-state index >= 15 is 0 Å². The number of halogens is 2. The second-order valence-corrected chi connectivity index (χ2v) is 4.58. The molecule has 74 valence electrons. The molecule has 14 heavy (non-hydrogen) atoms. The smallest absolute Gasteiger partial charge is 0.170 e. The molecule has 1 aromatic carbocycles. The second kappa shape index (κ2) is 3.55. The van der Waals surface area contributed by atoms with Gasteiger partial charge in [0.25, 0.3) is 0 Å². The van der Waals surface area contributed by atoms with E-state index in [2.05, 4.69) is 15.9 Å². The van der Waals surface area contributed by atoms with Crippen molar-refractivity contribution in [3.63, 3.8) is 0 Å². The molecule has 0 saturated carbocycles. The van der Waals surface area contributed by atoms with Crippen molar-refractivity contribution in [2.24, 2.45) is 0 Å². The van der Waals surface area contributed by atoms with Crippen molar-refractivity contribution in [1.29, 1.82) is 0 Å². The van der Waals surface area contributed by atoms with Gasteiger partial charge in [-0.05, 0) is 35.0 Å². The Morgan fingerprint density at radius 3 is 3.00 bits per heavy atom. The number of ether oxygens (including phenoxy) is 1. The average molecular weight is 276 g/mol. The van der Waals surface area contributed by atoms with Crippen molar-refractivity contribution in [1.82, 2.24) is 0 Å². The molecular formula is C10H8BrClO2. The van der Waals surface area contributed by atoms with Crippen LogP contribution in [0.4, 0.5) is 0 Å². The van der Waals surface area contributed by atoms with E-state index in [0.717, 1.165) is 4.47 Å². The first-order chi connectivity index (χ1) is 6.58. The Hall–Kier alpha value is -0.540. The van der Waals surface area contributed by atoms with Crippen molar-refractivity contribution in [3.05, 3.63) is 27.2 Å². The highest BCUT2D eigenvalue weighted by molar-refractivity contribution is 9.10. The Morgan fingerprint density at radius 2 is 2.29 bits per heavy atom. The van der Waals surface area contributed by atoms with E-state index in [1.54, 1.807) is 12.1 Å². The number of carbonyl (C=O) groups is 1. The number of hydrogen-bond acceptors (Lipinski definition) is 2. The van der Waals surface area contributed by atoms with Crippen LogP contribution in [0, 0.1) is 0 Å². The van der Waals surface area contributed by atoms with Crippen molar-refractivity contribution in [3.8, 4) is 5.75 Å². The Morgan fingerprint density at radius 1 is 1.57 bits per heavy atom. The summed E-state index contributed by atoms with van der Waals surface area (Å²) in [6.07, 6.45) is 0.369. The van der Waals surface area contributed by atoms with Crippen LogP contribution in [0.2, 0.25) is 5.02 Å². The maximum absolute atomic E-state index is 11.6. The Bertz CT molecular complexity index is 403. The first-order valence-electron chi connectivity index (χ1n) is 4.27. The van der Waals surface area contributed by atoms with E-state index in [4.69, 9.17) is 16.3 Å². The monoisotopic (exact) mass is 274 g/mol. The van der Waals surface area contributed by atoms with Gasteiger partial charge in [-0.15, -0.1) is 0 Å². The highest BCUT2D eigenvalue weighted by Gasteiger charge is 2.24. The lowest BCUT2D eigenvalue weighted by molar-refractivity contribution is 0.0871. The van der Waals surface area contributed by atoms with Gasteiger partial charge in [0.2, 0.25) is 0 Å². The first kappa shape index (κ1) is 9.99. The second-order valence-electron chi connectivity index (χ2n) is 3.32. The first-order valence-corrected chi connectivity index (χ1v) is 5.44. The molecule has 0 aliphatic carbocycles. The molecule has 1 atom stereocenters. The van der Waals surface area contributed by atoms with Crippen LogP contribution in [0.15, 0.2) is 16.6 Å². The molecule has 1 aliphatic heterocycles. The van der Waals surface area contributed by atoms with Crippen LogP contribution in [0.3, 0.4) is 0 Å². The fraction of sp³-hybridized carbons (Fsp3) is 0.300. The predicted molar refractivity (Wildman–Crippen MR) is 58.2 cm³/mol. The summed E-state index contributed by atoms with van der Waals surface area (Å²) in [5.41, 5.74) is 0.580. The summed E-state index contributed by atoms with van der Waals surface area (Å²) >= 11 is 9.18. The van der Waals surface area contributed by atoms with Gasteiger partial charge in [0, 0.05) is 10.9 Å². The summed E-state index contributed by atoms with van der Waals surface area (Å²) in [6, 6.07) is 3.39. The van der Waals surface area contributed by atoms with Gasteiger partial charge in [-0.3, -0.25) is 4.79 Å². The van der Waals surface area contributed by atoms with E-state index in [1.165, 1.54) is 0 Å². The molecule has 0 fully saturated rings. The molecule has 1 heterocycles. The minimum Gasteiger partial charge on any atom is -0.489 e. The summed E-state index contributed by atoms with van der Waals surface area (Å²) < 4.78 is 6.28. The zero-order chi connectivity index (χ0) is 10.3. The van der Waals surface area contributed by atoms with Crippen LogP contribution in [-0.2, 0) is 0 Å². The van der Waals surface area contributed by atoms with E-state index in [-0.39, 0.29) is 11.9 Å². The molecule has 1 aromatic rings. The number of rotatable bonds is 0. The summed E-state index contributed by atoms with van der Waals surface area (Å²) in [7, 11) is 0. The quantitative estimate of drug-likeness (QED) is 0.725. The Kier molecular flexibility index (Phi) is 2.54. The molecule has 1 unspecified atom stereocenters. The fourth-order valence-corrected chi connectivity index (χ4v) is 1.96. The van der Waals surface area contributed by atoms with Gasteiger partial charge in [0.05, 0.1) is 10.6 Å². The lowest BCUT2D eigenvalue weighted by atomic mass is 10.0. The number of fused-ring (bicyclic) bond motifs is 1. The number of Topliss-reactive ketones (excluding diaryl/α,β-unsaturated/α-hetero) is 1. The van der Waals surface area contributed by atoms with Gasteiger partial charge >= 0.3 is 0 Å². The highest BCUT2D eigenvalue weighted by Crippen LogP contribution is 2.34. The molecule has 0 aromatic heterocycles. The number of ketones is 1. The third kappa shape index (κ3) is 1.66. The Labute approximate surface area is 95.3 Å². The summed E-state index contributed by atoms with van der Waals surface area (Å²) in [6.45, 7) is 1.88. The molecule has 0 bridgehead atoms. The zero-order valence-corrected chi connectivity index (χ0v) is 9.85. The highest BCUT2D eigenvalue weighted by atomic mass is 79.9. The molecule has 0 spiro atoms. The van der Waals surface area contributed by atoms with Gasteiger partial charge < -0.3 is 4.74 Å². The third-order valence-corrected chi connectivity index (χ3v) is 3.32. The van der Waals surface area contributed by atoms with Crippen LogP contribution in [0.25, 0.3) is 0 Å². The molecule has 4 heteroatoms. The maximum atomic E-state index is 11.6. The molecule has 0 N–H and O–H groups in total. The van der Waals surface area contributed by atoms with Crippen molar-refractivity contribution < 1.29 is 9.53 Å². The summed E-state index contributed by atoms with van der Waals surface area (Å²) in [5.74, 6) is 0.707. The van der Waals surface area contributed by atoms with E-state index < -0.39 is 0 Å². The lowest BCUT2D eigenvalue weighted by Gasteiger charge is -2.22. The van der Waals surface area contributed by atoms with Crippen LogP contribution in [0.5, 0.6) is 5.75 Å². The minimum absolute atomic E-state index is 0.0527. The zero-order valence-electron chi connectivity index (χ0n) is 7.51. The standard InChI is InChI=1S/C10H8BrClO2/c1-5-2-9(13)6-3-8(12)7(11)4-10(6)14-5/h3-5H,2H2,1H3. The molecule has 0 amide bonds. The number of hydrogen-bond donors (Lipinski definition) is 0. The van der Waals surface area contributed by atoms with Gasteiger partial charge in [-0.1, -0.05) is 11.6 Å². The van der Waals surface area contributed by atoms with Crippen LogP contribution < -0.4 is 4.74 Å². The molecule has 2 rings (SSSR count). The lowest BCUT2D eigenvalue weighted by Crippen LogP contribution is -2.23. The molecule has 1 aliphatic rings. The molecule has 0 radical (unpaired) electrons. The largest absolute Gasteiger partial charge is 0.489 e. The molecular weight excluding hydrogens is 267 g/mol. The minimum atomic E-state index is -0.0527. The maximum Gasteiger partial charge on any atom is 0.170 e. The van der Waals surface area contributed by atoms with Gasteiger partial charge in [-0.25, -0.2) is 0 Å². The average Bonchev–Trinajstić information content (AvgIpc) is 2.08.